The summed E-state index contributed by atoms with van der Waals surface area (Å²) in [4.78, 5) is 6.83. The van der Waals surface area contributed by atoms with Crippen LogP contribution in [0.15, 0.2) is 35.3 Å². The lowest BCUT2D eigenvalue weighted by atomic mass is 10.1. The first-order valence-corrected chi connectivity index (χ1v) is 8.49. The molecule has 1 aliphatic carbocycles. The van der Waals surface area contributed by atoms with E-state index >= 15 is 0 Å². The van der Waals surface area contributed by atoms with Gasteiger partial charge < -0.3 is 15.4 Å². The van der Waals surface area contributed by atoms with Gasteiger partial charge in [-0.1, -0.05) is 30.3 Å². The number of nitrogens with zero attached hydrogens (tertiary/aromatic N) is 2. The van der Waals surface area contributed by atoms with E-state index in [1.54, 1.807) is 7.11 Å². The van der Waals surface area contributed by atoms with Crippen LogP contribution in [0.4, 0.5) is 0 Å². The Hall–Kier alpha value is -1.59. The molecule has 0 radical (unpaired) electrons. The number of ether oxygens (including phenoxy) is 1. The minimum atomic E-state index is 0.232. The Labute approximate surface area is 140 Å². The molecule has 23 heavy (non-hydrogen) atoms. The molecule has 1 unspecified atom stereocenters. The molecule has 128 valence electrons. The van der Waals surface area contributed by atoms with Gasteiger partial charge >= 0.3 is 0 Å². The van der Waals surface area contributed by atoms with Crippen LogP contribution in [0.5, 0.6) is 0 Å². The van der Waals surface area contributed by atoms with Gasteiger partial charge in [0, 0.05) is 39.8 Å². The van der Waals surface area contributed by atoms with E-state index in [-0.39, 0.29) is 6.04 Å². The van der Waals surface area contributed by atoms with Crippen LogP contribution < -0.4 is 10.6 Å². The Balaban J connectivity index is 1.74. The Morgan fingerprint density at radius 3 is 2.65 bits per heavy atom. The predicted molar refractivity (Wildman–Crippen MR) is 95.8 cm³/mol. The van der Waals surface area contributed by atoms with Crippen molar-refractivity contribution in [3.8, 4) is 0 Å². The van der Waals surface area contributed by atoms with Gasteiger partial charge in [-0.25, -0.2) is 0 Å². The lowest BCUT2D eigenvalue weighted by Crippen LogP contribution is -2.43. The number of hydrogen-bond acceptors (Lipinski definition) is 3. The highest BCUT2D eigenvalue weighted by atomic mass is 16.5. The molecule has 1 atom stereocenters. The van der Waals surface area contributed by atoms with Crippen LogP contribution in [0.1, 0.15) is 31.4 Å². The third-order valence-electron chi connectivity index (χ3n) is 4.21. The van der Waals surface area contributed by atoms with Gasteiger partial charge in [-0.3, -0.25) is 9.89 Å². The first kappa shape index (κ1) is 17.8. The van der Waals surface area contributed by atoms with Crippen LogP contribution >= 0.6 is 0 Å². The normalized spacial score (nSPS) is 16.4. The molecule has 0 bridgehead atoms. The molecular weight excluding hydrogens is 288 g/mol. The molecule has 1 fully saturated rings. The molecule has 1 aromatic rings. The zero-order valence-corrected chi connectivity index (χ0v) is 14.6. The van der Waals surface area contributed by atoms with Crippen LogP contribution in [0.3, 0.4) is 0 Å². The maximum Gasteiger partial charge on any atom is 0.191 e. The molecule has 2 N–H and O–H groups in total. The van der Waals surface area contributed by atoms with Crippen LogP contribution in [0.2, 0.25) is 0 Å². The molecular formula is C18H30N4O. The van der Waals surface area contributed by atoms with Gasteiger partial charge in [0.2, 0.25) is 0 Å². The minimum absolute atomic E-state index is 0.232. The number of hydrogen-bond donors (Lipinski definition) is 2. The van der Waals surface area contributed by atoms with Crippen molar-refractivity contribution in [3.05, 3.63) is 35.9 Å². The van der Waals surface area contributed by atoms with Gasteiger partial charge in [-0.2, -0.15) is 0 Å². The number of guanidine groups is 1. The summed E-state index contributed by atoms with van der Waals surface area (Å²) in [6.07, 6.45) is 2.64. The maximum atomic E-state index is 5.20. The van der Waals surface area contributed by atoms with Gasteiger partial charge in [0.25, 0.3) is 0 Å². The van der Waals surface area contributed by atoms with Crippen molar-refractivity contribution in [2.45, 2.75) is 31.8 Å². The average Bonchev–Trinajstić information content (AvgIpc) is 3.42. The van der Waals surface area contributed by atoms with Gasteiger partial charge in [0.15, 0.2) is 5.96 Å². The monoisotopic (exact) mass is 318 g/mol. The van der Waals surface area contributed by atoms with Crippen LogP contribution in [-0.2, 0) is 4.74 Å². The third-order valence-corrected chi connectivity index (χ3v) is 4.21. The van der Waals surface area contributed by atoms with Crippen molar-refractivity contribution in [2.24, 2.45) is 4.99 Å². The lowest BCUT2D eigenvalue weighted by molar-refractivity contribution is 0.144. The second-order valence-corrected chi connectivity index (χ2v) is 6.04. The molecule has 5 heteroatoms. The summed E-state index contributed by atoms with van der Waals surface area (Å²) in [5.74, 6) is 0.851. The Morgan fingerprint density at radius 1 is 1.30 bits per heavy atom. The number of benzene rings is 1. The molecule has 5 nitrogen and oxygen atoms in total. The summed E-state index contributed by atoms with van der Waals surface area (Å²) in [7, 11) is 3.58. The van der Waals surface area contributed by atoms with Crippen molar-refractivity contribution >= 4 is 5.96 Å². The minimum Gasteiger partial charge on any atom is -0.383 e. The number of aliphatic imine (C=N–C) groups is 1. The summed E-state index contributed by atoms with van der Waals surface area (Å²) in [6, 6.07) is 11.4. The zero-order chi connectivity index (χ0) is 16.5. The molecule has 0 amide bonds. The Morgan fingerprint density at radius 2 is 2.04 bits per heavy atom. The Bertz CT molecular complexity index is 473. The molecule has 1 aliphatic rings. The van der Waals surface area contributed by atoms with Crippen molar-refractivity contribution in [1.82, 2.24) is 15.5 Å². The van der Waals surface area contributed by atoms with Crippen LogP contribution in [0.25, 0.3) is 0 Å². The fourth-order valence-electron chi connectivity index (χ4n) is 2.67. The summed E-state index contributed by atoms with van der Waals surface area (Å²) < 4.78 is 5.20. The Kier molecular flexibility index (Phi) is 7.36. The van der Waals surface area contributed by atoms with Crippen LogP contribution in [0, 0.1) is 0 Å². The van der Waals surface area contributed by atoms with Gasteiger partial charge in [0.1, 0.15) is 0 Å². The summed E-state index contributed by atoms with van der Waals surface area (Å²) >= 11 is 0. The average molecular weight is 318 g/mol. The van der Waals surface area contributed by atoms with E-state index in [2.05, 4.69) is 51.7 Å². The zero-order valence-electron chi connectivity index (χ0n) is 14.6. The second-order valence-electron chi connectivity index (χ2n) is 6.04. The first-order valence-electron chi connectivity index (χ1n) is 8.49. The molecule has 1 aromatic carbocycles. The number of rotatable bonds is 9. The maximum absolute atomic E-state index is 5.20. The fourth-order valence-corrected chi connectivity index (χ4v) is 2.67. The predicted octanol–water partition coefficient (Wildman–Crippen LogP) is 2.02. The van der Waals surface area contributed by atoms with Crippen molar-refractivity contribution in [2.75, 3.05) is 40.4 Å². The highest BCUT2D eigenvalue weighted by Gasteiger charge is 2.28. The second kappa shape index (κ2) is 9.53. The van der Waals surface area contributed by atoms with Crippen molar-refractivity contribution in [3.63, 3.8) is 0 Å². The van der Waals surface area contributed by atoms with Gasteiger partial charge in [-0.15, -0.1) is 0 Å². The molecule has 2 rings (SSSR count). The fraction of sp³-hybridized carbons (Fsp3) is 0.611. The summed E-state index contributed by atoms with van der Waals surface area (Å²) in [5.41, 5.74) is 1.26. The van der Waals surface area contributed by atoms with Crippen molar-refractivity contribution in [1.29, 1.82) is 0 Å². The first-order chi connectivity index (χ1) is 11.2. The van der Waals surface area contributed by atoms with Gasteiger partial charge in [-0.05, 0) is 25.3 Å². The molecule has 0 heterocycles. The van der Waals surface area contributed by atoms with Crippen LogP contribution in [-0.4, -0.2) is 57.3 Å². The lowest BCUT2D eigenvalue weighted by Gasteiger charge is -2.23. The number of methoxy groups -OCH3 is 1. The molecule has 0 spiro atoms. The summed E-state index contributed by atoms with van der Waals surface area (Å²) in [6.45, 7) is 5.87. The van der Waals surface area contributed by atoms with E-state index < -0.39 is 0 Å². The van der Waals surface area contributed by atoms with E-state index in [0.29, 0.717) is 0 Å². The molecule has 0 aromatic heterocycles. The highest BCUT2D eigenvalue weighted by molar-refractivity contribution is 5.80. The molecule has 1 saturated carbocycles. The number of nitrogens with one attached hydrogen (secondary N) is 2. The standard InChI is InChI=1S/C18H30N4O/c1-15(16-7-5-4-6-8-16)21-18(19-2)20-11-12-22(13-14-23-3)17-9-10-17/h4-8,15,17H,9-14H2,1-3H3,(H2,19,20,21). The van der Waals surface area contributed by atoms with E-state index in [9.17, 15) is 0 Å². The summed E-state index contributed by atoms with van der Waals surface area (Å²) in [5, 5.41) is 6.86. The highest BCUT2D eigenvalue weighted by Crippen LogP contribution is 2.25. The third kappa shape index (κ3) is 6.20. The quantitative estimate of drug-likeness (QED) is 0.540. The van der Waals surface area contributed by atoms with E-state index in [0.717, 1.165) is 38.2 Å². The molecule has 0 aliphatic heterocycles. The van der Waals surface area contributed by atoms with E-state index in [4.69, 9.17) is 4.74 Å². The van der Waals surface area contributed by atoms with Crippen molar-refractivity contribution < 1.29 is 4.74 Å². The smallest absolute Gasteiger partial charge is 0.191 e. The largest absolute Gasteiger partial charge is 0.383 e. The van der Waals surface area contributed by atoms with E-state index in [1.165, 1.54) is 18.4 Å². The SMILES string of the molecule is CN=C(NCCN(CCOC)C1CC1)NC(C)c1ccccc1. The van der Waals surface area contributed by atoms with Gasteiger partial charge in [0.05, 0.1) is 12.6 Å². The molecule has 0 saturated heterocycles. The topological polar surface area (TPSA) is 48.9 Å². The van der Waals surface area contributed by atoms with E-state index in [1.807, 2.05) is 13.1 Å².